The molecule has 17 heavy (non-hydrogen) atoms. The minimum Gasteiger partial charge on any atom is -0.484 e. The first kappa shape index (κ1) is 12.3. The summed E-state index contributed by atoms with van der Waals surface area (Å²) in [6.07, 6.45) is 0. The van der Waals surface area contributed by atoms with Gasteiger partial charge in [0.2, 0.25) is 0 Å². The summed E-state index contributed by atoms with van der Waals surface area (Å²) in [5.74, 6) is 1.82. The highest BCUT2D eigenvalue weighted by Gasteiger charge is 2.34. The lowest BCUT2D eigenvalue weighted by molar-refractivity contribution is 0.167. The number of rotatable bonds is 0. The summed E-state index contributed by atoms with van der Waals surface area (Å²) < 4.78 is 11.6. The molecule has 1 aliphatic heterocycles. The largest absolute Gasteiger partial charge is 0.484 e. The van der Waals surface area contributed by atoms with Gasteiger partial charge in [0, 0.05) is 10.8 Å². The Balaban J connectivity index is 2.60. The van der Waals surface area contributed by atoms with E-state index in [1.165, 1.54) is 0 Å². The van der Waals surface area contributed by atoms with Crippen molar-refractivity contribution < 1.29 is 9.47 Å². The molecule has 1 aromatic heterocycles. The third-order valence-electron chi connectivity index (χ3n) is 2.99. The zero-order valence-corrected chi connectivity index (χ0v) is 11.7. The third kappa shape index (κ3) is 2.15. The smallest absolute Gasteiger partial charge is 0.182 e. The van der Waals surface area contributed by atoms with E-state index in [0.29, 0.717) is 13.2 Å². The van der Waals surface area contributed by atoms with Crippen LogP contribution in [0.25, 0.3) is 0 Å². The first-order chi connectivity index (χ1) is 7.71. The molecule has 0 aliphatic carbocycles. The topological polar surface area (TPSA) is 34.2 Å². The van der Waals surface area contributed by atoms with Gasteiger partial charge in [0.15, 0.2) is 11.5 Å². The second kappa shape index (κ2) is 3.69. The zero-order chi connectivity index (χ0) is 12.8. The van der Waals surface area contributed by atoms with Crippen LogP contribution in [0.1, 0.15) is 52.9 Å². The quantitative estimate of drug-likeness (QED) is 0.750. The molecule has 1 aliphatic rings. The van der Waals surface area contributed by atoms with E-state index in [1.807, 2.05) is 0 Å². The number of H-pyrrole nitrogens is 1. The van der Waals surface area contributed by atoms with Crippen LogP contribution >= 0.6 is 0 Å². The Labute approximate surface area is 104 Å². The summed E-state index contributed by atoms with van der Waals surface area (Å²) in [6.45, 7) is 14.4. The molecule has 0 fully saturated rings. The molecule has 0 radical (unpaired) electrons. The third-order valence-corrected chi connectivity index (χ3v) is 2.99. The number of ether oxygens (including phenoxy) is 2. The van der Waals surface area contributed by atoms with Crippen LogP contribution in [0.4, 0.5) is 0 Å². The average molecular weight is 237 g/mol. The summed E-state index contributed by atoms with van der Waals surface area (Å²) in [5, 5.41) is 0. The highest BCUT2D eigenvalue weighted by Crippen LogP contribution is 2.46. The van der Waals surface area contributed by atoms with Gasteiger partial charge in [-0.15, -0.1) is 0 Å². The predicted octanol–water partition coefficient (Wildman–Crippen LogP) is 3.38. The average Bonchev–Trinajstić information content (AvgIpc) is 2.55. The van der Waals surface area contributed by atoms with E-state index < -0.39 is 0 Å². The van der Waals surface area contributed by atoms with Gasteiger partial charge < -0.3 is 14.5 Å². The van der Waals surface area contributed by atoms with E-state index >= 15 is 0 Å². The van der Waals surface area contributed by atoms with Crippen molar-refractivity contribution in [3.8, 4) is 11.5 Å². The summed E-state index contributed by atoms with van der Waals surface area (Å²) in [6, 6.07) is 0. The molecule has 1 aromatic rings. The number of fused-ring (bicyclic) bond motifs is 1. The molecule has 0 aromatic carbocycles. The number of hydrogen-bond donors (Lipinski definition) is 1. The molecule has 0 unspecified atom stereocenters. The van der Waals surface area contributed by atoms with Crippen LogP contribution in [0.2, 0.25) is 0 Å². The van der Waals surface area contributed by atoms with Crippen LogP contribution in [0.3, 0.4) is 0 Å². The Bertz CT molecular complexity index is 380. The maximum Gasteiger partial charge on any atom is 0.182 e. The SMILES string of the molecule is CC(C)(C)c1[nH]c(C(C)(C)C)c2c1OCCO2. The molecular formula is C14H23NO2. The summed E-state index contributed by atoms with van der Waals surface area (Å²) >= 11 is 0. The van der Waals surface area contributed by atoms with Gasteiger partial charge in [0.05, 0.1) is 11.4 Å². The summed E-state index contributed by atoms with van der Waals surface area (Å²) in [7, 11) is 0. The maximum absolute atomic E-state index is 5.80. The fourth-order valence-corrected chi connectivity index (χ4v) is 2.08. The Morgan fingerprint density at radius 1 is 0.765 bits per heavy atom. The number of nitrogens with one attached hydrogen (secondary N) is 1. The molecule has 2 rings (SSSR count). The molecule has 0 amide bonds. The minimum absolute atomic E-state index is 0.0360. The molecular weight excluding hydrogens is 214 g/mol. The van der Waals surface area contributed by atoms with Gasteiger partial charge in [-0.1, -0.05) is 41.5 Å². The van der Waals surface area contributed by atoms with Gasteiger partial charge in [-0.2, -0.15) is 0 Å². The first-order valence-electron chi connectivity index (χ1n) is 6.24. The van der Waals surface area contributed by atoms with Crippen molar-refractivity contribution in [1.29, 1.82) is 0 Å². The van der Waals surface area contributed by atoms with E-state index in [0.717, 1.165) is 22.9 Å². The summed E-state index contributed by atoms with van der Waals surface area (Å²) in [5.41, 5.74) is 2.34. The van der Waals surface area contributed by atoms with E-state index in [-0.39, 0.29) is 10.8 Å². The van der Waals surface area contributed by atoms with E-state index in [9.17, 15) is 0 Å². The normalized spacial score (nSPS) is 16.1. The molecule has 0 saturated carbocycles. The van der Waals surface area contributed by atoms with Gasteiger partial charge in [0.1, 0.15) is 13.2 Å². The number of hydrogen-bond acceptors (Lipinski definition) is 2. The molecule has 3 nitrogen and oxygen atoms in total. The van der Waals surface area contributed by atoms with Crippen LogP contribution in [-0.4, -0.2) is 18.2 Å². The van der Waals surface area contributed by atoms with Crippen LogP contribution in [-0.2, 0) is 10.8 Å². The molecule has 0 spiro atoms. The Morgan fingerprint density at radius 3 is 1.41 bits per heavy atom. The Kier molecular flexibility index (Phi) is 2.68. The fraction of sp³-hybridized carbons (Fsp3) is 0.714. The highest BCUT2D eigenvalue weighted by molar-refractivity contribution is 5.54. The summed E-state index contributed by atoms with van der Waals surface area (Å²) in [4.78, 5) is 3.52. The molecule has 2 heterocycles. The lowest BCUT2D eigenvalue weighted by Gasteiger charge is -2.23. The van der Waals surface area contributed by atoms with E-state index in [1.54, 1.807) is 0 Å². The van der Waals surface area contributed by atoms with Crippen molar-refractivity contribution in [2.75, 3.05) is 13.2 Å². The van der Waals surface area contributed by atoms with Crippen LogP contribution < -0.4 is 9.47 Å². The molecule has 0 saturated heterocycles. The van der Waals surface area contributed by atoms with Crippen molar-refractivity contribution in [3.63, 3.8) is 0 Å². The Hall–Kier alpha value is -1.12. The molecule has 96 valence electrons. The van der Waals surface area contributed by atoms with E-state index in [4.69, 9.17) is 9.47 Å². The lowest BCUT2D eigenvalue weighted by atomic mass is 9.91. The van der Waals surface area contributed by atoms with Crippen molar-refractivity contribution >= 4 is 0 Å². The van der Waals surface area contributed by atoms with Gasteiger partial charge in [-0.05, 0) is 0 Å². The van der Waals surface area contributed by atoms with Crippen molar-refractivity contribution in [1.82, 2.24) is 4.98 Å². The standard InChI is InChI=1S/C14H23NO2/c1-13(2,3)11-9-10(17-8-7-16-9)12(15-11)14(4,5)6/h15H,7-8H2,1-6H3. The monoisotopic (exact) mass is 237 g/mol. The van der Waals surface area contributed by atoms with Gasteiger partial charge >= 0.3 is 0 Å². The van der Waals surface area contributed by atoms with Gasteiger partial charge in [0.25, 0.3) is 0 Å². The predicted molar refractivity (Wildman–Crippen MR) is 69.2 cm³/mol. The maximum atomic E-state index is 5.80. The van der Waals surface area contributed by atoms with Gasteiger partial charge in [-0.25, -0.2) is 0 Å². The van der Waals surface area contributed by atoms with Gasteiger partial charge in [-0.3, -0.25) is 0 Å². The van der Waals surface area contributed by atoms with Crippen LogP contribution in [0.5, 0.6) is 11.5 Å². The number of aromatic amines is 1. The Morgan fingerprint density at radius 2 is 1.12 bits per heavy atom. The first-order valence-corrected chi connectivity index (χ1v) is 6.24. The van der Waals surface area contributed by atoms with Crippen molar-refractivity contribution in [2.45, 2.75) is 52.4 Å². The van der Waals surface area contributed by atoms with Crippen LogP contribution in [0, 0.1) is 0 Å². The highest BCUT2D eigenvalue weighted by atomic mass is 16.6. The number of aromatic nitrogens is 1. The van der Waals surface area contributed by atoms with Crippen molar-refractivity contribution in [3.05, 3.63) is 11.4 Å². The molecule has 0 bridgehead atoms. The second-order valence-electron chi connectivity index (χ2n) is 6.73. The molecule has 0 atom stereocenters. The van der Waals surface area contributed by atoms with Crippen LogP contribution in [0.15, 0.2) is 0 Å². The molecule has 1 N–H and O–H groups in total. The fourth-order valence-electron chi connectivity index (χ4n) is 2.08. The van der Waals surface area contributed by atoms with Crippen molar-refractivity contribution in [2.24, 2.45) is 0 Å². The second-order valence-corrected chi connectivity index (χ2v) is 6.73. The van der Waals surface area contributed by atoms with E-state index in [2.05, 4.69) is 46.5 Å². The lowest BCUT2D eigenvalue weighted by Crippen LogP contribution is -2.19. The minimum atomic E-state index is 0.0360. The molecule has 3 heteroatoms. The zero-order valence-electron chi connectivity index (χ0n) is 11.7.